The van der Waals surface area contributed by atoms with E-state index in [9.17, 15) is 5.11 Å². The Morgan fingerprint density at radius 1 is 1.42 bits per heavy atom. The van der Waals surface area contributed by atoms with Crippen LogP contribution in [0.1, 0.15) is 18.9 Å². The number of aliphatic hydroxyl groups is 1. The number of ether oxygens (including phenoxy) is 1. The van der Waals surface area contributed by atoms with Crippen molar-refractivity contribution < 1.29 is 9.84 Å². The molecule has 0 heterocycles. The van der Waals surface area contributed by atoms with Gasteiger partial charge >= 0.3 is 0 Å². The van der Waals surface area contributed by atoms with Crippen molar-refractivity contribution in [3.8, 4) is 0 Å². The Hall–Kier alpha value is -0.870. The summed E-state index contributed by atoms with van der Waals surface area (Å²) in [5.74, 6) is 0. The molecule has 2 atom stereocenters. The lowest BCUT2D eigenvalue weighted by molar-refractivity contribution is 0.0279. The lowest BCUT2D eigenvalue weighted by Gasteiger charge is -2.16. The molecule has 0 saturated heterocycles. The molecule has 2 unspecified atom stereocenters. The van der Waals surface area contributed by atoms with Crippen LogP contribution in [0.15, 0.2) is 36.9 Å². The lowest BCUT2D eigenvalue weighted by Crippen LogP contribution is -2.35. The molecule has 0 spiro atoms. The van der Waals surface area contributed by atoms with Crippen molar-refractivity contribution in [2.75, 3.05) is 13.2 Å². The number of aliphatic hydroxyl groups excluding tert-OH is 1. The van der Waals surface area contributed by atoms with E-state index in [0.717, 1.165) is 12.0 Å². The van der Waals surface area contributed by atoms with Crippen LogP contribution in [-0.2, 0) is 11.3 Å². The summed E-state index contributed by atoms with van der Waals surface area (Å²) < 4.78 is 5.46. The number of hydrogen-bond acceptors (Lipinski definition) is 3. The first kappa shape index (κ1) is 16.2. The Morgan fingerprint density at radius 3 is 2.74 bits per heavy atom. The van der Waals surface area contributed by atoms with E-state index in [-0.39, 0.29) is 0 Å². The molecule has 2 N–H and O–H groups in total. The quantitative estimate of drug-likeness (QED) is 0.685. The fourth-order valence-electron chi connectivity index (χ4n) is 1.62. The second-order valence-corrected chi connectivity index (χ2v) is 5.07. The standard InChI is InChI=1S/C15H22ClNO2/c1-3-4-12(2)17-9-15(18)11-19-10-13-5-7-14(16)8-6-13/h3,5-8,12,15,17-18H,1,4,9-11H2,2H3. The zero-order valence-corrected chi connectivity index (χ0v) is 12.1. The fourth-order valence-corrected chi connectivity index (χ4v) is 1.75. The first-order chi connectivity index (χ1) is 9.11. The molecule has 1 rings (SSSR count). The van der Waals surface area contributed by atoms with Crippen LogP contribution in [0.3, 0.4) is 0 Å². The predicted octanol–water partition coefficient (Wildman–Crippen LogP) is 2.77. The maximum atomic E-state index is 9.75. The molecule has 0 fully saturated rings. The summed E-state index contributed by atoms with van der Waals surface area (Å²) in [6.07, 6.45) is 2.25. The highest BCUT2D eigenvalue weighted by Gasteiger charge is 2.06. The van der Waals surface area contributed by atoms with Gasteiger partial charge in [-0.05, 0) is 31.0 Å². The molecule has 0 aromatic heterocycles. The number of benzene rings is 1. The Balaban J connectivity index is 2.14. The van der Waals surface area contributed by atoms with Gasteiger partial charge in [0.15, 0.2) is 0 Å². The van der Waals surface area contributed by atoms with Crippen LogP contribution in [0.25, 0.3) is 0 Å². The SMILES string of the molecule is C=CCC(C)NCC(O)COCc1ccc(Cl)cc1. The van der Waals surface area contributed by atoms with E-state index in [1.165, 1.54) is 0 Å². The van der Waals surface area contributed by atoms with Crippen molar-refractivity contribution in [1.82, 2.24) is 5.32 Å². The molecule has 0 saturated carbocycles. The second kappa shape index (κ2) is 9.10. The highest BCUT2D eigenvalue weighted by Crippen LogP contribution is 2.10. The molecule has 3 nitrogen and oxygen atoms in total. The summed E-state index contributed by atoms with van der Waals surface area (Å²) in [4.78, 5) is 0. The van der Waals surface area contributed by atoms with E-state index >= 15 is 0 Å². The minimum atomic E-state index is -0.500. The molecule has 0 bridgehead atoms. The van der Waals surface area contributed by atoms with Gasteiger partial charge in [-0.25, -0.2) is 0 Å². The van der Waals surface area contributed by atoms with Crippen molar-refractivity contribution in [2.24, 2.45) is 0 Å². The molecule has 1 aromatic carbocycles. The van der Waals surface area contributed by atoms with Gasteiger partial charge in [0.1, 0.15) is 0 Å². The van der Waals surface area contributed by atoms with Gasteiger partial charge in [0, 0.05) is 17.6 Å². The molecule has 1 aromatic rings. The molecule has 0 aliphatic carbocycles. The highest BCUT2D eigenvalue weighted by molar-refractivity contribution is 6.30. The summed E-state index contributed by atoms with van der Waals surface area (Å²) >= 11 is 5.80. The summed E-state index contributed by atoms with van der Waals surface area (Å²) in [6, 6.07) is 7.81. The average molecular weight is 284 g/mol. The Kier molecular flexibility index (Phi) is 7.75. The van der Waals surface area contributed by atoms with Gasteiger partial charge < -0.3 is 15.2 Å². The molecular formula is C15H22ClNO2. The third-order valence-electron chi connectivity index (χ3n) is 2.71. The molecule has 0 aliphatic rings. The van der Waals surface area contributed by atoms with E-state index in [1.54, 1.807) is 0 Å². The van der Waals surface area contributed by atoms with Gasteiger partial charge in [-0.2, -0.15) is 0 Å². The monoisotopic (exact) mass is 283 g/mol. The zero-order valence-electron chi connectivity index (χ0n) is 11.3. The minimum absolute atomic E-state index is 0.316. The van der Waals surface area contributed by atoms with Crippen molar-refractivity contribution in [1.29, 1.82) is 0 Å². The summed E-state index contributed by atoms with van der Waals surface area (Å²) in [5, 5.41) is 13.7. The molecule has 106 valence electrons. The van der Waals surface area contributed by atoms with Gasteiger partial charge in [0.05, 0.1) is 19.3 Å². The third kappa shape index (κ3) is 7.33. The maximum Gasteiger partial charge on any atom is 0.0897 e. The van der Waals surface area contributed by atoms with Gasteiger partial charge in [-0.15, -0.1) is 6.58 Å². The Bertz CT molecular complexity index is 367. The van der Waals surface area contributed by atoms with Crippen LogP contribution in [0.5, 0.6) is 0 Å². The van der Waals surface area contributed by atoms with E-state index in [4.69, 9.17) is 16.3 Å². The van der Waals surface area contributed by atoms with Crippen molar-refractivity contribution in [2.45, 2.75) is 32.1 Å². The highest BCUT2D eigenvalue weighted by atomic mass is 35.5. The zero-order chi connectivity index (χ0) is 14.1. The van der Waals surface area contributed by atoms with E-state index in [0.29, 0.717) is 30.8 Å². The molecule has 19 heavy (non-hydrogen) atoms. The van der Waals surface area contributed by atoms with E-state index < -0.39 is 6.10 Å². The largest absolute Gasteiger partial charge is 0.389 e. The van der Waals surface area contributed by atoms with Crippen LogP contribution in [0.2, 0.25) is 5.02 Å². The smallest absolute Gasteiger partial charge is 0.0897 e. The molecule has 0 radical (unpaired) electrons. The van der Waals surface area contributed by atoms with Gasteiger partial charge in [0.25, 0.3) is 0 Å². The summed E-state index contributed by atoms with van der Waals surface area (Å²) in [6.45, 7) is 7.06. The number of halogens is 1. The van der Waals surface area contributed by atoms with E-state index in [2.05, 4.69) is 18.8 Å². The predicted molar refractivity (Wildman–Crippen MR) is 79.4 cm³/mol. The fraction of sp³-hybridized carbons (Fsp3) is 0.467. The van der Waals surface area contributed by atoms with Crippen LogP contribution >= 0.6 is 11.6 Å². The minimum Gasteiger partial charge on any atom is -0.389 e. The third-order valence-corrected chi connectivity index (χ3v) is 2.97. The normalized spacial score (nSPS) is 14.1. The summed E-state index contributed by atoms with van der Waals surface area (Å²) in [5.41, 5.74) is 1.05. The van der Waals surface area contributed by atoms with E-state index in [1.807, 2.05) is 30.3 Å². The van der Waals surface area contributed by atoms with Crippen molar-refractivity contribution in [3.63, 3.8) is 0 Å². The van der Waals surface area contributed by atoms with Gasteiger partial charge in [0.2, 0.25) is 0 Å². The molecule has 0 amide bonds. The second-order valence-electron chi connectivity index (χ2n) is 4.63. The molecule has 4 heteroatoms. The Morgan fingerprint density at radius 2 is 2.11 bits per heavy atom. The van der Waals surface area contributed by atoms with Gasteiger partial charge in [-0.3, -0.25) is 0 Å². The van der Waals surface area contributed by atoms with Crippen LogP contribution in [0, 0.1) is 0 Å². The number of nitrogens with one attached hydrogen (secondary N) is 1. The molecular weight excluding hydrogens is 262 g/mol. The van der Waals surface area contributed by atoms with Crippen LogP contribution in [0.4, 0.5) is 0 Å². The first-order valence-electron chi connectivity index (χ1n) is 6.46. The van der Waals surface area contributed by atoms with Crippen LogP contribution < -0.4 is 5.32 Å². The molecule has 0 aliphatic heterocycles. The number of hydrogen-bond donors (Lipinski definition) is 2. The average Bonchev–Trinajstić information content (AvgIpc) is 2.39. The van der Waals surface area contributed by atoms with Crippen molar-refractivity contribution >= 4 is 11.6 Å². The van der Waals surface area contributed by atoms with Crippen LogP contribution in [-0.4, -0.2) is 30.4 Å². The maximum absolute atomic E-state index is 9.75. The van der Waals surface area contributed by atoms with Crippen molar-refractivity contribution in [3.05, 3.63) is 47.5 Å². The number of rotatable bonds is 9. The lowest BCUT2D eigenvalue weighted by atomic mass is 10.2. The topological polar surface area (TPSA) is 41.5 Å². The summed E-state index contributed by atoms with van der Waals surface area (Å²) in [7, 11) is 0. The Labute approximate surface area is 120 Å². The first-order valence-corrected chi connectivity index (χ1v) is 6.84. The van der Waals surface area contributed by atoms with Gasteiger partial charge in [-0.1, -0.05) is 29.8 Å².